The number of hydrogen-bond acceptors (Lipinski definition) is 4. The third kappa shape index (κ3) is 5.16. The van der Waals surface area contributed by atoms with E-state index >= 15 is 0 Å². The molecule has 1 aromatic rings. The molecule has 0 aliphatic rings. The minimum atomic E-state index is 0.206. The highest BCUT2D eigenvalue weighted by molar-refractivity contribution is 6.29. The molecule has 0 aromatic carbocycles. The third-order valence-corrected chi connectivity index (χ3v) is 2.42. The van der Waals surface area contributed by atoms with Crippen molar-refractivity contribution in [3.63, 3.8) is 0 Å². The summed E-state index contributed by atoms with van der Waals surface area (Å²) in [5.41, 5.74) is 5.48. The Morgan fingerprint density at radius 3 is 2.75 bits per heavy atom. The van der Waals surface area contributed by atoms with E-state index in [2.05, 4.69) is 29.1 Å². The Kier molecular flexibility index (Phi) is 5.32. The molecule has 3 N–H and O–H groups in total. The quantitative estimate of drug-likeness (QED) is 0.595. The molecule has 16 heavy (non-hydrogen) atoms. The summed E-state index contributed by atoms with van der Waals surface area (Å²) in [5, 5.41) is 3.56. The lowest BCUT2D eigenvalue weighted by Crippen LogP contribution is -2.06. The van der Waals surface area contributed by atoms with E-state index in [1.807, 2.05) is 0 Å². The van der Waals surface area contributed by atoms with Crippen LogP contribution in [0.15, 0.2) is 6.07 Å². The Morgan fingerprint density at radius 2 is 2.12 bits per heavy atom. The Balaban J connectivity index is 2.26. The van der Waals surface area contributed by atoms with Gasteiger partial charge in [-0.05, 0) is 12.3 Å². The molecule has 0 radical (unpaired) electrons. The minimum absolute atomic E-state index is 0.206. The first kappa shape index (κ1) is 13.0. The van der Waals surface area contributed by atoms with Crippen molar-refractivity contribution in [2.45, 2.75) is 33.1 Å². The van der Waals surface area contributed by atoms with Gasteiger partial charge in [0.2, 0.25) is 5.95 Å². The molecule has 0 fully saturated rings. The number of nitrogens with two attached hydrogens (primary N) is 1. The fourth-order valence-electron chi connectivity index (χ4n) is 1.42. The molecule has 0 amide bonds. The van der Waals surface area contributed by atoms with Crippen molar-refractivity contribution >= 4 is 23.4 Å². The maximum atomic E-state index is 5.76. The summed E-state index contributed by atoms with van der Waals surface area (Å²) in [6.07, 6.45) is 3.60. The molecule has 0 atom stereocenters. The number of hydrogen-bond donors (Lipinski definition) is 2. The predicted octanol–water partition coefficient (Wildman–Crippen LogP) is 2.95. The monoisotopic (exact) mass is 242 g/mol. The molecule has 4 nitrogen and oxygen atoms in total. The van der Waals surface area contributed by atoms with Crippen molar-refractivity contribution in [1.82, 2.24) is 9.97 Å². The van der Waals surface area contributed by atoms with E-state index in [1.54, 1.807) is 6.07 Å². The smallest absolute Gasteiger partial charge is 0.223 e. The molecule has 90 valence electrons. The fourth-order valence-corrected chi connectivity index (χ4v) is 1.61. The lowest BCUT2D eigenvalue weighted by atomic mass is 10.1. The zero-order chi connectivity index (χ0) is 12.0. The van der Waals surface area contributed by atoms with Gasteiger partial charge in [-0.1, -0.05) is 38.3 Å². The van der Waals surface area contributed by atoms with Gasteiger partial charge in [-0.25, -0.2) is 4.98 Å². The van der Waals surface area contributed by atoms with Gasteiger partial charge in [-0.15, -0.1) is 0 Å². The van der Waals surface area contributed by atoms with Crippen LogP contribution in [0.2, 0.25) is 5.15 Å². The van der Waals surface area contributed by atoms with Crippen LogP contribution in [0.1, 0.15) is 33.1 Å². The average molecular weight is 243 g/mol. The molecule has 0 spiro atoms. The highest BCUT2D eigenvalue weighted by Crippen LogP contribution is 2.13. The van der Waals surface area contributed by atoms with Gasteiger partial charge >= 0.3 is 0 Å². The van der Waals surface area contributed by atoms with E-state index in [0.717, 1.165) is 18.9 Å². The molecule has 1 rings (SSSR count). The lowest BCUT2D eigenvalue weighted by Gasteiger charge is -2.07. The Bertz CT molecular complexity index is 308. The Labute approximate surface area is 102 Å². The predicted molar refractivity (Wildman–Crippen MR) is 68.6 cm³/mol. The molecule has 0 bridgehead atoms. The Hall–Kier alpha value is -1.03. The highest BCUT2D eigenvalue weighted by Gasteiger charge is 1.99. The first-order chi connectivity index (χ1) is 7.58. The normalized spacial score (nSPS) is 10.8. The third-order valence-electron chi connectivity index (χ3n) is 2.23. The van der Waals surface area contributed by atoms with Crippen LogP contribution < -0.4 is 11.1 Å². The molecule has 0 saturated heterocycles. The topological polar surface area (TPSA) is 63.8 Å². The second kappa shape index (κ2) is 6.53. The van der Waals surface area contributed by atoms with E-state index in [9.17, 15) is 0 Å². The zero-order valence-corrected chi connectivity index (χ0v) is 10.6. The Morgan fingerprint density at radius 1 is 1.38 bits per heavy atom. The number of aromatic nitrogens is 2. The van der Waals surface area contributed by atoms with Crippen molar-refractivity contribution in [2.24, 2.45) is 5.92 Å². The van der Waals surface area contributed by atoms with E-state index in [0.29, 0.717) is 11.0 Å². The van der Waals surface area contributed by atoms with Gasteiger partial charge in [0.1, 0.15) is 11.0 Å². The largest absolute Gasteiger partial charge is 0.370 e. The van der Waals surface area contributed by atoms with E-state index in [1.165, 1.54) is 12.8 Å². The summed E-state index contributed by atoms with van der Waals surface area (Å²) in [6, 6.07) is 1.68. The minimum Gasteiger partial charge on any atom is -0.370 e. The molecule has 1 heterocycles. The number of unbranched alkanes of at least 4 members (excludes halogenated alkanes) is 1. The van der Waals surface area contributed by atoms with Crippen LogP contribution in [-0.4, -0.2) is 16.5 Å². The van der Waals surface area contributed by atoms with E-state index in [4.69, 9.17) is 17.3 Å². The van der Waals surface area contributed by atoms with Crippen molar-refractivity contribution in [1.29, 1.82) is 0 Å². The summed E-state index contributed by atoms with van der Waals surface area (Å²) >= 11 is 5.76. The highest BCUT2D eigenvalue weighted by atomic mass is 35.5. The van der Waals surface area contributed by atoms with Crippen LogP contribution in [0.25, 0.3) is 0 Å². The van der Waals surface area contributed by atoms with Crippen LogP contribution in [0.3, 0.4) is 0 Å². The van der Waals surface area contributed by atoms with Gasteiger partial charge < -0.3 is 11.1 Å². The summed E-state index contributed by atoms with van der Waals surface area (Å²) in [7, 11) is 0. The molecular weight excluding hydrogens is 224 g/mol. The second-order valence-corrected chi connectivity index (χ2v) is 4.64. The van der Waals surface area contributed by atoms with Gasteiger partial charge in [-0.3, -0.25) is 0 Å². The molecule has 0 aliphatic heterocycles. The molecule has 0 saturated carbocycles. The van der Waals surface area contributed by atoms with Gasteiger partial charge in [0.05, 0.1) is 0 Å². The average Bonchev–Trinajstić information content (AvgIpc) is 2.15. The van der Waals surface area contributed by atoms with Crippen molar-refractivity contribution in [3.05, 3.63) is 11.2 Å². The van der Waals surface area contributed by atoms with Gasteiger partial charge in [-0.2, -0.15) is 4.98 Å². The van der Waals surface area contributed by atoms with Crippen LogP contribution >= 0.6 is 11.6 Å². The summed E-state index contributed by atoms with van der Waals surface area (Å²) in [5.74, 6) is 1.67. The molecular formula is C11H19ClN4. The number of nitrogens with one attached hydrogen (secondary N) is 1. The second-order valence-electron chi connectivity index (χ2n) is 4.25. The van der Waals surface area contributed by atoms with Crippen LogP contribution in [-0.2, 0) is 0 Å². The van der Waals surface area contributed by atoms with Gasteiger partial charge in [0, 0.05) is 12.6 Å². The summed E-state index contributed by atoms with van der Waals surface area (Å²) in [6.45, 7) is 5.36. The van der Waals surface area contributed by atoms with Crippen LogP contribution in [0, 0.1) is 5.92 Å². The number of nitrogens with zero attached hydrogens (tertiary/aromatic N) is 2. The van der Waals surface area contributed by atoms with Gasteiger partial charge in [0.25, 0.3) is 0 Å². The summed E-state index contributed by atoms with van der Waals surface area (Å²) < 4.78 is 0. The zero-order valence-electron chi connectivity index (χ0n) is 9.83. The van der Waals surface area contributed by atoms with Crippen molar-refractivity contribution in [3.8, 4) is 0 Å². The SMILES string of the molecule is CC(C)CCCCNc1cc(Cl)nc(N)n1. The van der Waals surface area contributed by atoms with Crippen LogP contribution in [0.5, 0.6) is 0 Å². The standard InChI is InChI=1S/C11H19ClN4/c1-8(2)5-3-4-6-14-10-7-9(12)15-11(13)16-10/h7-8H,3-6H2,1-2H3,(H3,13,14,15,16). The number of rotatable bonds is 6. The maximum absolute atomic E-state index is 5.76. The fraction of sp³-hybridized carbons (Fsp3) is 0.636. The molecule has 0 unspecified atom stereocenters. The van der Waals surface area contributed by atoms with Crippen molar-refractivity contribution in [2.75, 3.05) is 17.6 Å². The molecule has 5 heteroatoms. The summed E-state index contributed by atoms with van der Waals surface area (Å²) in [4.78, 5) is 7.83. The number of halogens is 1. The van der Waals surface area contributed by atoms with Crippen molar-refractivity contribution < 1.29 is 0 Å². The maximum Gasteiger partial charge on any atom is 0.223 e. The molecule has 0 aliphatic carbocycles. The van der Waals surface area contributed by atoms with E-state index < -0.39 is 0 Å². The van der Waals surface area contributed by atoms with Gasteiger partial charge in [0.15, 0.2) is 0 Å². The van der Waals surface area contributed by atoms with Crippen LogP contribution in [0.4, 0.5) is 11.8 Å². The lowest BCUT2D eigenvalue weighted by molar-refractivity contribution is 0.544. The van der Waals surface area contributed by atoms with E-state index in [-0.39, 0.29) is 5.95 Å². The molecule has 1 aromatic heterocycles. The first-order valence-corrected chi connectivity index (χ1v) is 5.99. The number of anilines is 2. The first-order valence-electron chi connectivity index (χ1n) is 5.62. The number of nitrogen functional groups attached to an aromatic ring is 1.